The standard InChI is InChI=1S/C26H28N2O5/c1-2-27-11-5-7-20(27)17-28(16-18-9-10-23-24(14-18)32-13-12-31-23)25(29)21-15-19-6-3-4-8-22(19)33-26(21)30/h3-4,6,8-10,14-15,20H,2,5,7,11-13,16-17H2,1H3. The number of carbonyl (C=O) groups is 1. The monoisotopic (exact) mass is 448 g/mol. The number of hydrogen-bond acceptors (Lipinski definition) is 6. The van der Waals surface area contributed by atoms with Crippen LogP contribution in [0.2, 0.25) is 0 Å². The van der Waals surface area contributed by atoms with Gasteiger partial charge in [-0.05, 0) is 55.8 Å². The molecule has 1 unspecified atom stereocenters. The maximum absolute atomic E-state index is 13.7. The Labute approximate surface area is 192 Å². The summed E-state index contributed by atoms with van der Waals surface area (Å²) in [5, 5.41) is 0.732. The molecule has 0 aliphatic carbocycles. The molecule has 3 heterocycles. The van der Waals surface area contributed by atoms with Crippen molar-refractivity contribution in [3.05, 3.63) is 70.1 Å². The first-order valence-corrected chi connectivity index (χ1v) is 11.6. The largest absolute Gasteiger partial charge is 0.486 e. The predicted octanol–water partition coefficient (Wildman–Crippen LogP) is 3.69. The number of nitrogens with zero attached hydrogens (tertiary/aromatic N) is 2. The van der Waals surface area contributed by atoms with E-state index < -0.39 is 5.63 Å². The summed E-state index contributed by atoms with van der Waals surface area (Å²) >= 11 is 0. The highest BCUT2D eigenvalue weighted by Crippen LogP contribution is 2.31. The van der Waals surface area contributed by atoms with Gasteiger partial charge in [-0.3, -0.25) is 9.69 Å². The van der Waals surface area contributed by atoms with E-state index in [9.17, 15) is 9.59 Å². The third kappa shape index (κ3) is 4.46. The second kappa shape index (κ2) is 9.27. The summed E-state index contributed by atoms with van der Waals surface area (Å²) in [7, 11) is 0. The van der Waals surface area contributed by atoms with Gasteiger partial charge in [-0.15, -0.1) is 0 Å². The molecule has 0 saturated carbocycles. The predicted molar refractivity (Wildman–Crippen MR) is 125 cm³/mol. The van der Waals surface area contributed by atoms with E-state index in [1.807, 2.05) is 30.3 Å². The summed E-state index contributed by atoms with van der Waals surface area (Å²) in [5.41, 5.74) is 0.862. The number of benzene rings is 2. The summed E-state index contributed by atoms with van der Waals surface area (Å²) in [5.74, 6) is 1.09. The van der Waals surface area contributed by atoms with E-state index in [0.29, 0.717) is 43.4 Å². The van der Waals surface area contributed by atoms with E-state index >= 15 is 0 Å². The summed E-state index contributed by atoms with van der Waals surface area (Å²) in [4.78, 5) is 30.6. The molecule has 1 fully saturated rings. The molecular formula is C26H28N2O5. The molecule has 1 saturated heterocycles. The number of fused-ring (bicyclic) bond motifs is 2. The summed E-state index contributed by atoms with van der Waals surface area (Å²) < 4.78 is 16.8. The fraction of sp³-hybridized carbons (Fsp3) is 0.385. The van der Waals surface area contributed by atoms with Crippen LogP contribution in [-0.2, 0) is 6.54 Å². The Bertz CT molecular complexity index is 1220. The van der Waals surface area contributed by atoms with Crippen LogP contribution < -0.4 is 15.1 Å². The smallest absolute Gasteiger partial charge is 0.349 e. The van der Waals surface area contributed by atoms with Crippen molar-refractivity contribution in [2.24, 2.45) is 0 Å². The third-order valence-electron chi connectivity index (χ3n) is 6.48. The van der Waals surface area contributed by atoms with Gasteiger partial charge in [0.2, 0.25) is 0 Å². The molecular weight excluding hydrogens is 420 g/mol. The lowest BCUT2D eigenvalue weighted by molar-refractivity contribution is 0.0687. The van der Waals surface area contributed by atoms with Crippen molar-refractivity contribution in [3.63, 3.8) is 0 Å². The second-order valence-electron chi connectivity index (χ2n) is 8.57. The van der Waals surface area contributed by atoms with Gasteiger partial charge in [-0.25, -0.2) is 4.79 Å². The van der Waals surface area contributed by atoms with E-state index in [1.54, 1.807) is 23.1 Å². The van der Waals surface area contributed by atoms with Crippen molar-refractivity contribution in [1.29, 1.82) is 0 Å². The normalized spacial score (nSPS) is 17.9. The van der Waals surface area contributed by atoms with Crippen LogP contribution in [0, 0.1) is 0 Å². The second-order valence-corrected chi connectivity index (χ2v) is 8.57. The Balaban J connectivity index is 1.47. The average Bonchev–Trinajstić information content (AvgIpc) is 3.30. The summed E-state index contributed by atoms with van der Waals surface area (Å²) in [6, 6.07) is 14.9. The van der Waals surface area contributed by atoms with Gasteiger partial charge >= 0.3 is 5.63 Å². The van der Waals surface area contributed by atoms with Crippen LogP contribution in [0.5, 0.6) is 11.5 Å². The Morgan fingerprint density at radius 1 is 1.09 bits per heavy atom. The molecule has 2 aliphatic heterocycles. The van der Waals surface area contributed by atoms with Gasteiger partial charge < -0.3 is 18.8 Å². The number of ether oxygens (including phenoxy) is 2. The minimum Gasteiger partial charge on any atom is -0.486 e. The Hall–Kier alpha value is -3.32. The highest BCUT2D eigenvalue weighted by molar-refractivity contribution is 5.96. The van der Waals surface area contributed by atoms with Crippen molar-refractivity contribution in [2.75, 3.05) is 32.8 Å². The van der Waals surface area contributed by atoms with Crippen molar-refractivity contribution < 1.29 is 18.7 Å². The molecule has 1 amide bonds. The van der Waals surface area contributed by atoms with Gasteiger partial charge in [-0.2, -0.15) is 0 Å². The maximum atomic E-state index is 13.7. The number of hydrogen-bond donors (Lipinski definition) is 0. The van der Waals surface area contributed by atoms with Gasteiger partial charge in [0, 0.05) is 24.5 Å². The zero-order chi connectivity index (χ0) is 22.8. The van der Waals surface area contributed by atoms with Gasteiger partial charge in [0.25, 0.3) is 5.91 Å². The van der Waals surface area contributed by atoms with Crippen LogP contribution in [0.4, 0.5) is 0 Å². The molecule has 0 spiro atoms. The molecule has 0 radical (unpaired) electrons. The maximum Gasteiger partial charge on any atom is 0.349 e. The minimum atomic E-state index is -0.607. The number of para-hydroxylation sites is 1. The van der Waals surface area contributed by atoms with Gasteiger partial charge in [-0.1, -0.05) is 31.2 Å². The number of rotatable bonds is 6. The first-order valence-electron chi connectivity index (χ1n) is 11.6. The molecule has 0 bridgehead atoms. The average molecular weight is 449 g/mol. The first kappa shape index (κ1) is 21.5. The third-order valence-corrected chi connectivity index (χ3v) is 6.48. The zero-order valence-electron chi connectivity index (χ0n) is 18.8. The van der Waals surface area contributed by atoms with Crippen molar-refractivity contribution in [1.82, 2.24) is 9.80 Å². The van der Waals surface area contributed by atoms with E-state index in [2.05, 4.69) is 11.8 Å². The molecule has 1 aromatic heterocycles. The summed E-state index contributed by atoms with van der Waals surface area (Å²) in [6.07, 6.45) is 2.15. The highest BCUT2D eigenvalue weighted by atomic mass is 16.6. The SMILES string of the molecule is CCN1CCCC1CN(Cc1ccc2c(c1)OCCO2)C(=O)c1cc2ccccc2oc1=O. The van der Waals surface area contributed by atoms with Crippen LogP contribution >= 0.6 is 0 Å². The fourth-order valence-corrected chi connectivity index (χ4v) is 4.78. The van der Waals surface area contributed by atoms with Crippen LogP contribution in [0.15, 0.2) is 57.7 Å². The Morgan fingerprint density at radius 2 is 1.91 bits per heavy atom. The number of likely N-dealkylation sites (N-methyl/N-ethyl adjacent to an activating group) is 1. The molecule has 33 heavy (non-hydrogen) atoms. The fourth-order valence-electron chi connectivity index (χ4n) is 4.78. The molecule has 0 N–H and O–H groups in total. The summed E-state index contributed by atoms with van der Waals surface area (Å²) in [6.45, 7) is 6.07. The molecule has 2 aliphatic rings. The number of amides is 1. The van der Waals surface area contributed by atoms with Crippen LogP contribution in [0.3, 0.4) is 0 Å². The van der Waals surface area contributed by atoms with Crippen LogP contribution in [0.25, 0.3) is 11.0 Å². The Morgan fingerprint density at radius 3 is 2.76 bits per heavy atom. The molecule has 7 nitrogen and oxygen atoms in total. The molecule has 172 valence electrons. The van der Waals surface area contributed by atoms with E-state index in [-0.39, 0.29) is 17.5 Å². The van der Waals surface area contributed by atoms with Crippen molar-refractivity contribution >= 4 is 16.9 Å². The quantitative estimate of drug-likeness (QED) is 0.536. The molecule has 2 aromatic carbocycles. The zero-order valence-corrected chi connectivity index (χ0v) is 18.8. The minimum absolute atomic E-state index is 0.0623. The lowest BCUT2D eigenvalue weighted by atomic mass is 10.1. The lowest BCUT2D eigenvalue weighted by Gasteiger charge is -2.30. The molecule has 1 atom stereocenters. The topological polar surface area (TPSA) is 72.2 Å². The molecule has 3 aromatic rings. The van der Waals surface area contributed by atoms with Gasteiger partial charge in [0.15, 0.2) is 11.5 Å². The van der Waals surface area contributed by atoms with Crippen molar-refractivity contribution in [3.8, 4) is 11.5 Å². The van der Waals surface area contributed by atoms with E-state index in [1.165, 1.54) is 0 Å². The van der Waals surface area contributed by atoms with E-state index in [4.69, 9.17) is 13.9 Å². The molecule has 7 heteroatoms. The molecule has 5 rings (SSSR count). The van der Waals surface area contributed by atoms with Crippen LogP contribution in [0.1, 0.15) is 35.7 Å². The number of likely N-dealkylation sites (tertiary alicyclic amines) is 1. The Kier molecular flexibility index (Phi) is 6.05. The van der Waals surface area contributed by atoms with Gasteiger partial charge in [0.1, 0.15) is 24.4 Å². The first-order chi connectivity index (χ1) is 16.1. The number of carbonyl (C=O) groups excluding carboxylic acids is 1. The lowest BCUT2D eigenvalue weighted by Crippen LogP contribution is -2.43. The van der Waals surface area contributed by atoms with Crippen molar-refractivity contribution in [2.45, 2.75) is 32.4 Å². The highest BCUT2D eigenvalue weighted by Gasteiger charge is 2.29. The van der Waals surface area contributed by atoms with Gasteiger partial charge in [0.05, 0.1) is 0 Å². The van der Waals surface area contributed by atoms with E-state index in [0.717, 1.165) is 36.9 Å². The van der Waals surface area contributed by atoms with Crippen LogP contribution in [-0.4, -0.2) is 54.6 Å².